The van der Waals surface area contributed by atoms with E-state index in [-0.39, 0.29) is 41.7 Å². The summed E-state index contributed by atoms with van der Waals surface area (Å²) in [4.78, 5) is 37.9. The molecule has 2 saturated carbocycles. The summed E-state index contributed by atoms with van der Waals surface area (Å²) in [6, 6.07) is 0. The lowest BCUT2D eigenvalue weighted by Crippen LogP contribution is -2.49. The van der Waals surface area contributed by atoms with E-state index < -0.39 is 0 Å². The standard InChI is InChI=1S/C25H42O3/c1-3-4-5-6-7-8-9-10-11-12-15-22-23(18-19(2)26)25(28)21-17-14-13-16-20(21)24(22)27/h20-23H,3-18H2,1-2H3. The Balaban J connectivity index is 1.76. The van der Waals surface area contributed by atoms with Gasteiger partial charge in [-0.25, -0.2) is 0 Å². The van der Waals surface area contributed by atoms with Gasteiger partial charge in [0.05, 0.1) is 0 Å². The average Bonchev–Trinajstić information content (AvgIpc) is 2.69. The molecule has 3 heteroatoms. The van der Waals surface area contributed by atoms with Gasteiger partial charge < -0.3 is 4.79 Å². The minimum absolute atomic E-state index is 0.0439. The normalized spacial score (nSPS) is 27.6. The number of fused-ring (bicyclic) bond motifs is 1. The van der Waals surface area contributed by atoms with Crippen molar-refractivity contribution in [3.05, 3.63) is 0 Å². The lowest BCUT2D eigenvalue weighted by atomic mass is 9.60. The van der Waals surface area contributed by atoms with Gasteiger partial charge in [-0.05, 0) is 26.2 Å². The molecular weight excluding hydrogens is 348 g/mol. The van der Waals surface area contributed by atoms with E-state index >= 15 is 0 Å². The van der Waals surface area contributed by atoms with Crippen LogP contribution in [-0.2, 0) is 14.4 Å². The highest BCUT2D eigenvalue weighted by atomic mass is 16.1. The minimum atomic E-state index is -0.331. The van der Waals surface area contributed by atoms with Gasteiger partial charge in [0.1, 0.15) is 17.3 Å². The molecule has 2 aliphatic rings. The van der Waals surface area contributed by atoms with Gasteiger partial charge in [-0.3, -0.25) is 9.59 Å². The van der Waals surface area contributed by atoms with E-state index in [4.69, 9.17) is 0 Å². The Morgan fingerprint density at radius 1 is 0.750 bits per heavy atom. The fourth-order valence-corrected chi connectivity index (χ4v) is 5.51. The largest absolute Gasteiger partial charge is 0.300 e. The zero-order valence-electron chi connectivity index (χ0n) is 18.3. The van der Waals surface area contributed by atoms with Crippen LogP contribution in [0.2, 0.25) is 0 Å². The average molecular weight is 391 g/mol. The highest BCUT2D eigenvalue weighted by Gasteiger charge is 2.49. The van der Waals surface area contributed by atoms with E-state index in [0.717, 1.165) is 44.9 Å². The highest BCUT2D eigenvalue weighted by Crippen LogP contribution is 2.43. The molecule has 0 heterocycles. The molecule has 0 spiro atoms. The summed E-state index contributed by atoms with van der Waals surface area (Å²) in [7, 11) is 0. The van der Waals surface area contributed by atoms with Crippen LogP contribution in [0.4, 0.5) is 0 Å². The highest BCUT2D eigenvalue weighted by molar-refractivity contribution is 6.01. The lowest BCUT2D eigenvalue weighted by molar-refractivity contribution is -0.150. The predicted molar refractivity (Wildman–Crippen MR) is 114 cm³/mol. The smallest absolute Gasteiger partial charge is 0.140 e. The second-order valence-electron chi connectivity index (χ2n) is 9.39. The SMILES string of the molecule is CCCCCCCCCCCCC1C(=O)C2CCCCC2C(=O)C1CC(C)=O. The number of carbonyl (C=O) groups is 3. The number of rotatable bonds is 13. The Labute approximate surface area is 172 Å². The quantitative estimate of drug-likeness (QED) is 0.339. The number of unbranched alkanes of at least 4 members (excludes halogenated alkanes) is 9. The molecule has 0 bridgehead atoms. The first kappa shape index (κ1) is 23.3. The number of carbonyl (C=O) groups excluding carboxylic acids is 3. The van der Waals surface area contributed by atoms with E-state index in [0.29, 0.717) is 5.78 Å². The molecule has 0 aromatic carbocycles. The van der Waals surface area contributed by atoms with Crippen molar-refractivity contribution >= 4 is 17.3 Å². The molecule has 160 valence electrons. The molecule has 28 heavy (non-hydrogen) atoms. The zero-order chi connectivity index (χ0) is 20.4. The molecule has 0 aromatic rings. The maximum atomic E-state index is 13.1. The fraction of sp³-hybridized carbons (Fsp3) is 0.880. The first-order valence-electron chi connectivity index (χ1n) is 12.1. The van der Waals surface area contributed by atoms with Crippen molar-refractivity contribution in [1.29, 1.82) is 0 Å². The summed E-state index contributed by atoms with van der Waals surface area (Å²) in [6.07, 6.45) is 17.7. The Hall–Kier alpha value is -0.990. The summed E-state index contributed by atoms with van der Waals surface area (Å²) in [5.41, 5.74) is 0. The van der Waals surface area contributed by atoms with Gasteiger partial charge in [0.25, 0.3) is 0 Å². The maximum Gasteiger partial charge on any atom is 0.140 e. The molecular formula is C25H42O3. The van der Waals surface area contributed by atoms with Gasteiger partial charge in [0.15, 0.2) is 0 Å². The van der Waals surface area contributed by atoms with Crippen LogP contribution in [0.3, 0.4) is 0 Å². The Kier molecular flexibility index (Phi) is 10.4. The van der Waals surface area contributed by atoms with Crippen molar-refractivity contribution in [2.75, 3.05) is 0 Å². The fourth-order valence-electron chi connectivity index (χ4n) is 5.51. The van der Waals surface area contributed by atoms with Crippen molar-refractivity contribution < 1.29 is 14.4 Å². The monoisotopic (exact) mass is 390 g/mol. The van der Waals surface area contributed by atoms with Crippen LogP contribution in [0, 0.1) is 23.7 Å². The third-order valence-corrected chi connectivity index (χ3v) is 7.09. The molecule has 4 unspecified atom stereocenters. The molecule has 2 aliphatic carbocycles. The first-order chi connectivity index (χ1) is 13.6. The second-order valence-corrected chi connectivity index (χ2v) is 9.39. The Morgan fingerprint density at radius 3 is 1.71 bits per heavy atom. The Bertz CT molecular complexity index is 510. The van der Waals surface area contributed by atoms with Crippen LogP contribution in [0.5, 0.6) is 0 Å². The van der Waals surface area contributed by atoms with Crippen molar-refractivity contribution in [3.63, 3.8) is 0 Å². The minimum Gasteiger partial charge on any atom is -0.300 e. The van der Waals surface area contributed by atoms with E-state index in [1.165, 1.54) is 51.4 Å². The summed E-state index contributed by atoms with van der Waals surface area (Å²) in [5.74, 6) is -0.0589. The second kappa shape index (κ2) is 12.5. The molecule has 0 aromatic heterocycles. The lowest BCUT2D eigenvalue weighted by Gasteiger charge is -2.41. The molecule has 2 rings (SSSR count). The maximum absolute atomic E-state index is 13.1. The van der Waals surface area contributed by atoms with Crippen LogP contribution in [-0.4, -0.2) is 17.3 Å². The van der Waals surface area contributed by atoms with Gasteiger partial charge >= 0.3 is 0 Å². The van der Waals surface area contributed by atoms with Gasteiger partial charge in [-0.2, -0.15) is 0 Å². The number of hydrogen-bond donors (Lipinski definition) is 0. The van der Waals surface area contributed by atoms with E-state index in [1.54, 1.807) is 6.92 Å². The number of hydrogen-bond acceptors (Lipinski definition) is 3. The molecule has 0 radical (unpaired) electrons. The van der Waals surface area contributed by atoms with Crippen molar-refractivity contribution in [3.8, 4) is 0 Å². The summed E-state index contributed by atoms with van der Waals surface area (Å²) in [6.45, 7) is 3.81. The van der Waals surface area contributed by atoms with Crippen LogP contribution >= 0.6 is 0 Å². The van der Waals surface area contributed by atoms with E-state index in [1.807, 2.05) is 0 Å². The third-order valence-electron chi connectivity index (χ3n) is 7.09. The molecule has 2 fully saturated rings. The van der Waals surface area contributed by atoms with Crippen LogP contribution in [0.1, 0.15) is 117 Å². The predicted octanol–water partition coefficient (Wildman–Crippen LogP) is 6.47. The van der Waals surface area contributed by atoms with Gasteiger partial charge in [0, 0.05) is 30.1 Å². The molecule has 0 amide bonds. The molecule has 3 nitrogen and oxygen atoms in total. The number of Topliss-reactive ketones (excluding diaryl/α,β-unsaturated/α-hetero) is 3. The first-order valence-corrected chi connectivity index (χ1v) is 12.1. The van der Waals surface area contributed by atoms with Crippen molar-refractivity contribution in [1.82, 2.24) is 0 Å². The van der Waals surface area contributed by atoms with E-state index in [9.17, 15) is 14.4 Å². The topological polar surface area (TPSA) is 51.2 Å². The molecule has 4 atom stereocenters. The summed E-state index contributed by atoms with van der Waals surface area (Å²) >= 11 is 0. The van der Waals surface area contributed by atoms with Crippen LogP contribution in [0.15, 0.2) is 0 Å². The summed E-state index contributed by atoms with van der Waals surface area (Å²) < 4.78 is 0. The third kappa shape index (κ3) is 6.81. The summed E-state index contributed by atoms with van der Waals surface area (Å²) in [5, 5.41) is 0. The number of ketones is 3. The van der Waals surface area contributed by atoms with Crippen molar-refractivity contribution in [2.45, 2.75) is 117 Å². The van der Waals surface area contributed by atoms with Crippen LogP contribution < -0.4 is 0 Å². The van der Waals surface area contributed by atoms with Crippen molar-refractivity contribution in [2.24, 2.45) is 23.7 Å². The van der Waals surface area contributed by atoms with E-state index in [2.05, 4.69) is 6.92 Å². The van der Waals surface area contributed by atoms with Gasteiger partial charge in [0.2, 0.25) is 0 Å². The molecule has 0 saturated heterocycles. The molecule has 0 aliphatic heterocycles. The van der Waals surface area contributed by atoms with Crippen LogP contribution in [0.25, 0.3) is 0 Å². The van der Waals surface area contributed by atoms with Gasteiger partial charge in [-0.1, -0.05) is 84.0 Å². The Morgan fingerprint density at radius 2 is 1.21 bits per heavy atom. The zero-order valence-corrected chi connectivity index (χ0v) is 18.3. The van der Waals surface area contributed by atoms with Gasteiger partial charge in [-0.15, -0.1) is 0 Å². The molecule has 0 N–H and O–H groups in total.